The molecule has 7 heteroatoms. The second kappa shape index (κ2) is 7.47. The van der Waals surface area contributed by atoms with E-state index in [0.29, 0.717) is 28.0 Å². The van der Waals surface area contributed by atoms with E-state index < -0.39 is 5.63 Å². The first-order valence-electron chi connectivity index (χ1n) is 9.42. The Morgan fingerprint density at radius 1 is 1.43 bits per heavy atom. The Hall–Kier alpha value is -2.54. The molecule has 0 radical (unpaired) electrons. The molecule has 7 nitrogen and oxygen atoms in total. The van der Waals surface area contributed by atoms with E-state index in [1.54, 1.807) is 21.0 Å². The van der Waals surface area contributed by atoms with Crippen molar-refractivity contribution in [3.8, 4) is 11.5 Å². The summed E-state index contributed by atoms with van der Waals surface area (Å²) in [4.78, 5) is 24.9. The third-order valence-corrected chi connectivity index (χ3v) is 5.18. The van der Waals surface area contributed by atoms with Crippen LogP contribution in [0.3, 0.4) is 0 Å². The van der Waals surface area contributed by atoms with Crippen molar-refractivity contribution < 1.29 is 23.8 Å². The Labute approximate surface area is 163 Å². The molecule has 0 spiro atoms. The van der Waals surface area contributed by atoms with Crippen LogP contribution in [0.1, 0.15) is 43.9 Å². The van der Waals surface area contributed by atoms with Crippen LogP contribution < -0.4 is 20.4 Å². The molecule has 0 saturated heterocycles. The van der Waals surface area contributed by atoms with Crippen molar-refractivity contribution in [1.29, 1.82) is 0 Å². The summed E-state index contributed by atoms with van der Waals surface area (Å²) in [6.45, 7) is 7.34. The van der Waals surface area contributed by atoms with E-state index in [0.717, 1.165) is 18.4 Å². The first-order chi connectivity index (χ1) is 13.2. The van der Waals surface area contributed by atoms with Gasteiger partial charge in [0.25, 0.3) is 0 Å². The van der Waals surface area contributed by atoms with Gasteiger partial charge in [0.15, 0.2) is 0 Å². The van der Waals surface area contributed by atoms with E-state index >= 15 is 0 Å². The van der Waals surface area contributed by atoms with Crippen LogP contribution in [0.4, 0.5) is 0 Å². The van der Waals surface area contributed by atoms with Crippen molar-refractivity contribution in [2.45, 2.75) is 58.6 Å². The van der Waals surface area contributed by atoms with Crippen molar-refractivity contribution in [2.75, 3.05) is 13.7 Å². The van der Waals surface area contributed by atoms with Gasteiger partial charge in [0.05, 0.1) is 31.1 Å². The summed E-state index contributed by atoms with van der Waals surface area (Å²) in [5.41, 5.74) is 1.40. The van der Waals surface area contributed by atoms with E-state index in [9.17, 15) is 9.59 Å². The lowest BCUT2D eigenvalue weighted by molar-refractivity contribution is -0.121. The average Bonchev–Trinajstić information content (AvgIpc) is 2.62. The first-order valence-corrected chi connectivity index (χ1v) is 9.42. The Morgan fingerprint density at radius 3 is 2.79 bits per heavy atom. The number of hydrogen-bond donors (Lipinski definition) is 2. The van der Waals surface area contributed by atoms with Gasteiger partial charge in [0, 0.05) is 17.7 Å². The van der Waals surface area contributed by atoms with Crippen LogP contribution in [0.15, 0.2) is 15.3 Å². The Kier molecular flexibility index (Phi) is 5.39. The van der Waals surface area contributed by atoms with E-state index in [4.69, 9.17) is 19.0 Å². The van der Waals surface area contributed by atoms with Gasteiger partial charge in [-0.1, -0.05) is 0 Å². The second-order valence-electron chi connectivity index (χ2n) is 7.94. The monoisotopic (exact) mass is 389 g/mol. The number of aryl methyl sites for hydroxylation is 2. The number of methoxy groups -OCH3 is 1. The van der Waals surface area contributed by atoms with Crippen molar-refractivity contribution >= 4 is 16.9 Å². The van der Waals surface area contributed by atoms with Crippen LogP contribution in [0, 0.1) is 6.92 Å². The van der Waals surface area contributed by atoms with E-state index in [-0.39, 0.29) is 36.1 Å². The van der Waals surface area contributed by atoms with E-state index in [1.807, 2.05) is 19.9 Å². The van der Waals surface area contributed by atoms with Crippen LogP contribution in [0.2, 0.25) is 0 Å². The smallest absolute Gasteiger partial charge is 0.340 e. The fraction of sp³-hybridized carbons (Fsp3) is 0.524. The molecule has 2 aromatic rings. The second-order valence-corrected chi connectivity index (χ2v) is 7.94. The fourth-order valence-electron chi connectivity index (χ4n) is 3.58. The van der Waals surface area contributed by atoms with Gasteiger partial charge in [-0.2, -0.15) is 0 Å². The van der Waals surface area contributed by atoms with Crippen molar-refractivity contribution in [3.63, 3.8) is 0 Å². The van der Waals surface area contributed by atoms with E-state index in [1.165, 1.54) is 0 Å². The normalized spacial score (nSPS) is 16.2. The molecule has 1 amide bonds. The zero-order chi connectivity index (χ0) is 20.6. The number of nitrogens with one attached hydrogen (secondary N) is 1. The molecule has 28 heavy (non-hydrogen) atoms. The molecule has 0 aliphatic carbocycles. The summed E-state index contributed by atoms with van der Waals surface area (Å²) in [6, 6.07) is 1.44. The Morgan fingerprint density at radius 2 is 2.14 bits per heavy atom. The van der Waals surface area contributed by atoms with Crippen molar-refractivity contribution in [3.05, 3.63) is 33.2 Å². The molecule has 1 aliphatic rings. The number of rotatable bonds is 5. The minimum atomic E-state index is -0.544. The molecule has 152 valence electrons. The number of carbonyl (C=O) groups is 1. The Bertz CT molecular complexity index is 975. The highest BCUT2D eigenvalue weighted by molar-refractivity contribution is 5.93. The topological polar surface area (TPSA) is 98.0 Å². The molecular weight excluding hydrogens is 362 g/mol. The molecule has 1 aromatic carbocycles. The number of aliphatic hydroxyl groups is 1. The van der Waals surface area contributed by atoms with Crippen LogP contribution >= 0.6 is 0 Å². The van der Waals surface area contributed by atoms with Crippen molar-refractivity contribution in [2.24, 2.45) is 0 Å². The molecule has 1 atom stereocenters. The minimum Gasteiger partial charge on any atom is -0.496 e. The molecule has 2 N–H and O–H groups in total. The Balaban J connectivity index is 2.13. The summed E-state index contributed by atoms with van der Waals surface area (Å²) in [7, 11) is 1.55. The van der Waals surface area contributed by atoms with Gasteiger partial charge < -0.3 is 24.3 Å². The highest BCUT2D eigenvalue weighted by atomic mass is 16.5. The van der Waals surface area contributed by atoms with Crippen LogP contribution in [-0.2, 0) is 17.6 Å². The van der Waals surface area contributed by atoms with Gasteiger partial charge >= 0.3 is 5.63 Å². The summed E-state index contributed by atoms with van der Waals surface area (Å²) < 4.78 is 17.3. The molecule has 0 bridgehead atoms. The largest absolute Gasteiger partial charge is 0.496 e. The zero-order valence-corrected chi connectivity index (χ0v) is 17.0. The summed E-state index contributed by atoms with van der Waals surface area (Å²) in [6.07, 6.45) is 1.39. The van der Waals surface area contributed by atoms with Gasteiger partial charge in [0.2, 0.25) is 5.91 Å². The summed E-state index contributed by atoms with van der Waals surface area (Å²) in [5, 5.41) is 12.4. The quantitative estimate of drug-likeness (QED) is 0.761. The van der Waals surface area contributed by atoms with Gasteiger partial charge in [-0.05, 0) is 46.1 Å². The molecule has 1 aromatic heterocycles. The molecule has 0 fully saturated rings. The number of fused-ring (bicyclic) bond motifs is 3. The minimum absolute atomic E-state index is 0.127. The maximum atomic E-state index is 12.7. The van der Waals surface area contributed by atoms with Gasteiger partial charge in [-0.25, -0.2) is 4.79 Å². The van der Waals surface area contributed by atoms with Crippen LogP contribution in [-0.4, -0.2) is 36.4 Å². The van der Waals surface area contributed by atoms with Gasteiger partial charge in [-0.3, -0.25) is 4.79 Å². The maximum Gasteiger partial charge on any atom is 0.340 e. The van der Waals surface area contributed by atoms with Crippen LogP contribution in [0.5, 0.6) is 11.5 Å². The SMILES string of the molecule is COc1cc2c(c3oc(=O)c(CC(=O)N[C@@H](C)CO)c(C)c13)CCC(C)(C)O2. The lowest BCUT2D eigenvalue weighted by atomic mass is 9.91. The lowest BCUT2D eigenvalue weighted by Crippen LogP contribution is -2.37. The molecule has 1 aliphatic heterocycles. The fourth-order valence-corrected chi connectivity index (χ4v) is 3.58. The summed E-state index contributed by atoms with van der Waals surface area (Å²) >= 11 is 0. The predicted octanol–water partition coefficient (Wildman–Crippen LogP) is 2.25. The van der Waals surface area contributed by atoms with Crippen molar-refractivity contribution in [1.82, 2.24) is 5.32 Å². The molecule has 0 saturated carbocycles. The number of aliphatic hydroxyl groups excluding tert-OH is 1. The van der Waals surface area contributed by atoms with Gasteiger partial charge in [0.1, 0.15) is 22.7 Å². The third kappa shape index (κ3) is 3.71. The zero-order valence-electron chi connectivity index (χ0n) is 17.0. The lowest BCUT2D eigenvalue weighted by Gasteiger charge is -2.33. The van der Waals surface area contributed by atoms with Gasteiger partial charge in [-0.15, -0.1) is 0 Å². The molecule has 3 rings (SSSR count). The van der Waals surface area contributed by atoms with E-state index in [2.05, 4.69) is 5.32 Å². The number of ether oxygens (including phenoxy) is 2. The third-order valence-electron chi connectivity index (χ3n) is 5.18. The molecule has 0 unspecified atom stereocenters. The van der Waals surface area contributed by atoms with Crippen LogP contribution in [0.25, 0.3) is 11.0 Å². The number of benzene rings is 1. The standard InChI is InChI=1S/C21H27NO6/c1-11(10-23)22-17(24)8-14-12(2)18-16(26-5)9-15-13(19(18)27-20(14)25)6-7-21(3,4)28-15/h9,11,23H,6-8,10H2,1-5H3,(H,22,24)/t11-/m0/s1. The highest BCUT2D eigenvalue weighted by Gasteiger charge is 2.31. The number of hydrogen-bond acceptors (Lipinski definition) is 6. The highest BCUT2D eigenvalue weighted by Crippen LogP contribution is 2.43. The maximum absolute atomic E-state index is 12.7. The number of amides is 1. The average molecular weight is 389 g/mol. The first kappa shape index (κ1) is 20.2. The predicted molar refractivity (Wildman–Crippen MR) is 105 cm³/mol. The summed E-state index contributed by atoms with van der Waals surface area (Å²) in [5.74, 6) is 0.849. The molecule has 2 heterocycles. The molecular formula is C21H27NO6. The number of carbonyl (C=O) groups excluding carboxylic acids is 1.